The average Bonchev–Trinajstić information content (AvgIpc) is 3.39. The maximum Gasteiger partial charge on any atom is 0.416 e. The van der Waals surface area contributed by atoms with Crippen molar-refractivity contribution in [2.45, 2.75) is 39.2 Å². The molecule has 5 radical (unpaired) electrons. The van der Waals surface area contributed by atoms with E-state index in [4.69, 9.17) is 0 Å². The highest BCUT2D eigenvalue weighted by Gasteiger charge is 2.41. The van der Waals surface area contributed by atoms with Crippen molar-refractivity contribution in [2.24, 2.45) is 0 Å². The van der Waals surface area contributed by atoms with Gasteiger partial charge in [-0.3, -0.25) is 4.68 Å². The van der Waals surface area contributed by atoms with Crippen LogP contribution in [-0.2, 0) is 12.4 Å². The Morgan fingerprint density at radius 2 is 1.26 bits per heavy atom. The van der Waals surface area contributed by atoms with Gasteiger partial charge in [-0.05, 0) is 88.9 Å². The largest absolute Gasteiger partial charge is 0.416 e. The summed E-state index contributed by atoms with van der Waals surface area (Å²) in [6.07, 6.45) is -3.29. The number of hydrogen-bond donors (Lipinski definition) is 0. The lowest BCUT2D eigenvalue weighted by Gasteiger charge is -2.33. The third kappa shape index (κ3) is 5.42. The lowest BCUT2D eigenvalue weighted by molar-refractivity contribution is -0.138. The Morgan fingerprint density at radius 1 is 0.771 bits per heavy atom. The molecule has 3 aromatic rings. The van der Waals surface area contributed by atoms with Crippen molar-refractivity contribution in [3.8, 4) is 0 Å². The minimum Gasteiger partial charge on any atom is -0.266 e. The van der Waals surface area contributed by atoms with Crippen LogP contribution in [0.25, 0.3) is 0 Å². The Bertz CT molecular complexity index is 1090. The molecule has 0 bridgehead atoms. The molecule has 35 heavy (non-hydrogen) atoms. The van der Waals surface area contributed by atoms with Crippen LogP contribution in [-0.4, -0.2) is 9.78 Å². The third-order valence-electron chi connectivity index (χ3n) is 5.83. The maximum atomic E-state index is 13.2. The first-order chi connectivity index (χ1) is 16.4. The van der Waals surface area contributed by atoms with Crippen LogP contribution in [0.2, 0.25) is 0 Å². The SMILES string of the molecule is Cc1cc(C)n([C@@H](C)[C]2[CH][CH][CH][C]2P(c2ccc(C(F)(F)F)cc2)c2ccc(C(F)(F)F)cc2)n1. The number of aromatic nitrogens is 2. The maximum absolute atomic E-state index is 13.2. The van der Waals surface area contributed by atoms with Crippen LogP contribution >= 0.6 is 7.92 Å². The number of nitrogens with zero attached hydrogens (tertiary/aromatic N) is 2. The van der Waals surface area contributed by atoms with Crippen LogP contribution in [0, 0.1) is 44.7 Å². The molecule has 1 atom stereocenters. The normalized spacial score (nSPS) is 16.9. The van der Waals surface area contributed by atoms with Gasteiger partial charge in [-0.15, -0.1) is 0 Å². The summed E-state index contributed by atoms with van der Waals surface area (Å²) in [7, 11) is -1.43. The van der Waals surface area contributed by atoms with Gasteiger partial charge < -0.3 is 0 Å². The van der Waals surface area contributed by atoms with Crippen molar-refractivity contribution >= 4 is 18.5 Å². The standard InChI is InChI=1S/C26H22F6N2P/c1-16-15-17(2)34(33-16)18(3)23-5-4-6-24(23)35(21-11-7-19(8-12-21)25(27,28)29)22-13-9-20(10-14-22)26(30,31)32/h4-15,18H,1-3H3/t18-/m0/s1. The Balaban J connectivity index is 1.75. The minimum absolute atomic E-state index is 0.178. The Hall–Kier alpha value is -2.34. The fraction of sp³-hybridized carbons (Fsp3) is 0.231. The summed E-state index contributed by atoms with van der Waals surface area (Å²) in [6.45, 7) is 5.80. The molecule has 1 aliphatic carbocycles. The lowest BCUT2D eigenvalue weighted by atomic mass is 9.99. The monoisotopic (exact) mass is 507 g/mol. The molecule has 1 heterocycles. The molecule has 1 saturated carbocycles. The van der Waals surface area contributed by atoms with E-state index in [9.17, 15) is 26.3 Å². The topological polar surface area (TPSA) is 17.8 Å². The summed E-state index contributed by atoms with van der Waals surface area (Å²) in [5.74, 6) is 0.919. The summed E-state index contributed by atoms with van der Waals surface area (Å²) in [5, 5.41) is 5.79. The third-order valence-corrected chi connectivity index (χ3v) is 8.35. The smallest absolute Gasteiger partial charge is 0.266 e. The highest BCUT2D eigenvalue weighted by atomic mass is 31.1. The van der Waals surface area contributed by atoms with Crippen LogP contribution in [0.3, 0.4) is 0 Å². The number of halogens is 6. The Morgan fingerprint density at radius 3 is 1.66 bits per heavy atom. The highest BCUT2D eigenvalue weighted by molar-refractivity contribution is 7.76. The summed E-state index contributed by atoms with van der Waals surface area (Å²) < 4.78 is 80.8. The fourth-order valence-electron chi connectivity index (χ4n) is 4.18. The molecule has 0 saturated heterocycles. The van der Waals surface area contributed by atoms with Crippen LogP contribution in [0.15, 0.2) is 54.6 Å². The molecule has 0 unspecified atom stereocenters. The van der Waals surface area contributed by atoms with E-state index in [2.05, 4.69) is 5.10 Å². The van der Waals surface area contributed by atoms with Crippen molar-refractivity contribution < 1.29 is 26.3 Å². The van der Waals surface area contributed by atoms with Crippen molar-refractivity contribution in [3.63, 3.8) is 0 Å². The molecule has 0 spiro atoms. The zero-order valence-electron chi connectivity index (χ0n) is 19.1. The van der Waals surface area contributed by atoms with Gasteiger partial charge in [0.25, 0.3) is 0 Å². The van der Waals surface area contributed by atoms with Gasteiger partial charge >= 0.3 is 12.4 Å². The van der Waals surface area contributed by atoms with Gasteiger partial charge in [0.1, 0.15) is 0 Å². The molecule has 9 heteroatoms. The second-order valence-electron chi connectivity index (χ2n) is 8.34. The first-order valence-electron chi connectivity index (χ1n) is 10.8. The van der Waals surface area contributed by atoms with Gasteiger partial charge in [-0.1, -0.05) is 24.3 Å². The molecule has 183 valence electrons. The molecule has 0 N–H and O–H groups in total. The van der Waals surface area contributed by atoms with Crippen molar-refractivity contribution in [1.29, 1.82) is 0 Å². The van der Waals surface area contributed by atoms with E-state index in [0.29, 0.717) is 10.6 Å². The molecular formula is C26H22F6N2P. The molecule has 4 rings (SSSR count). The van der Waals surface area contributed by atoms with E-state index in [0.717, 1.165) is 47.2 Å². The van der Waals surface area contributed by atoms with Crippen LogP contribution in [0.5, 0.6) is 0 Å². The number of aryl methyl sites for hydroxylation is 2. The van der Waals surface area contributed by atoms with E-state index in [1.807, 2.05) is 50.8 Å². The zero-order chi connectivity index (χ0) is 25.5. The van der Waals surface area contributed by atoms with Crippen LogP contribution < -0.4 is 10.6 Å². The van der Waals surface area contributed by atoms with Gasteiger partial charge in [-0.25, -0.2) is 0 Å². The number of hydrogen-bond acceptors (Lipinski definition) is 1. The van der Waals surface area contributed by atoms with E-state index < -0.39 is 31.4 Å². The molecule has 1 fully saturated rings. The minimum atomic E-state index is -4.48. The van der Waals surface area contributed by atoms with Gasteiger partial charge in [-0.2, -0.15) is 31.4 Å². The van der Waals surface area contributed by atoms with Crippen LogP contribution in [0.4, 0.5) is 26.3 Å². The number of alkyl halides is 6. The summed E-state index contributed by atoms with van der Waals surface area (Å²) in [6, 6.07) is 11.5. The van der Waals surface area contributed by atoms with E-state index in [1.165, 1.54) is 24.3 Å². The molecule has 2 nitrogen and oxygen atoms in total. The first-order valence-corrected chi connectivity index (χ1v) is 12.1. The van der Waals surface area contributed by atoms with Crippen molar-refractivity contribution in [1.82, 2.24) is 9.78 Å². The zero-order valence-corrected chi connectivity index (χ0v) is 20.0. The quantitative estimate of drug-likeness (QED) is 0.270. The van der Waals surface area contributed by atoms with Crippen molar-refractivity contribution in [3.05, 3.63) is 108 Å². The predicted octanol–water partition coefficient (Wildman–Crippen LogP) is 6.96. The lowest BCUT2D eigenvalue weighted by Crippen LogP contribution is -2.25. The van der Waals surface area contributed by atoms with Crippen molar-refractivity contribution in [2.75, 3.05) is 0 Å². The highest BCUT2D eigenvalue weighted by Crippen LogP contribution is 2.59. The Labute approximate surface area is 202 Å². The second-order valence-corrected chi connectivity index (χ2v) is 10.5. The fourth-order valence-corrected chi connectivity index (χ4v) is 6.68. The van der Waals surface area contributed by atoms with E-state index >= 15 is 0 Å². The first kappa shape index (κ1) is 25.7. The summed E-state index contributed by atoms with van der Waals surface area (Å²) in [5.41, 5.74) is 1.12. The molecule has 1 aliphatic rings. The van der Waals surface area contributed by atoms with Gasteiger partial charge in [0, 0.05) is 17.3 Å². The summed E-state index contributed by atoms with van der Waals surface area (Å²) >= 11 is 0. The average molecular weight is 507 g/mol. The molecule has 0 amide bonds. The van der Waals surface area contributed by atoms with E-state index in [-0.39, 0.29) is 6.04 Å². The number of benzene rings is 2. The molecule has 1 aromatic heterocycles. The van der Waals surface area contributed by atoms with Gasteiger partial charge in [0.05, 0.1) is 22.9 Å². The van der Waals surface area contributed by atoms with Gasteiger partial charge in [0.2, 0.25) is 0 Å². The number of rotatable bonds is 5. The predicted molar refractivity (Wildman–Crippen MR) is 125 cm³/mol. The molecular weight excluding hydrogens is 485 g/mol. The molecule has 0 aliphatic heterocycles. The van der Waals surface area contributed by atoms with Gasteiger partial charge in [0.15, 0.2) is 0 Å². The van der Waals surface area contributed by atoms with E-state index in [1.54, 1.807) is 0 Å². The van der Waals surface area contributed by atoms with Crippen LogP contribution in [0.1, 0.15) is 35.5 Å². The molecule has 2 aromatic carbocycles. The Kier molecular flexibility index (Phi) is 7.07. The summed E-state index contributed by atoms with van der Waals surface area (Å²) in [4.78, 5) is 0. The second kappa shape index (κ2) is 9.61.